The third-order valence-electron chi connectivity index (χ3n) is 9.66. The number of nitrogens with one attached hydrogen (secondary N) is 4. The van der Waals surface area contributed by atoms with Crippen molar-refractivity contribution in [3.05, 3.63) is 29.8 Å². The molecule has 0 spiro atoms. The van der Waals surface area contributed by atoms with Crippen LogP contribution in [-0.2, 0) is 44.8 Å². The van der Waals surface area contributed by atoms with Gasteiger partial charge in [0.2, 0.25) is 41.4 Å². The molecule has 2 fully saturated rings. The van der Waals surface area contributed by atoms with Crippen LogP contribution < -0.4 is 32.7 Å². The lowest BCUT2D eigenvalue weighted by Gasteiger charge is -2.31. The maximum Gasteiger partial charge on any atom is 0.303 e. The Kier molecular flexibility index (Phi) is 14.9. The Morgan fingerprint density at radius 2 is 1.48 bits per heavy atom. The van der Waals surface area contributed by atoms with Crippen molar-refractivity contribution in [2.24, 2.45) is 17.4 Å². The number of carboxylic acid groups (broad SMARTS) is 1. The minimum Gasteiger partial charge on any atom is -0.508 e. The Balaban J connectivity index is 1.77. The molecule has 0 aliphatic carbocycles. The molecule has 0 aromatic heterocycles. The van der Waals surface area contributed by atoms with Crippen molar-refractivity contribution in [3.8, 4) is 5.75 Å². The summed E-state index contributed by atoms with van der Waals surface area (Å²) < 4.78 is 0. The Morgan fingerprint density at radius 1 is 0.889 bits per heavy atom. The summed E-state index contributed by atoms with van der Waals surface area (Å²) in [6, 6.07) is -2.96. The first kappa shape index (κ1) is 43.1. The molecule has 2 heterocycles. The lowest BCUT2D eigenvalue weighted by molar-refractivity contribution is -0.141. The van der Waals surface area contributed by atoms with Gasteiger partial charge in [0.25, 0.3) is 0 Å². The number of carbonyl (C=O) groups is 8. The molecule has 2 aliphatic rings. The van der Waals surface area contributed by atoms with E-state index in [1.807, 2.05) is 0 Å². The highest BCUT2D eigenvalue weighted by Crippen LogP contribution is 2.23. The summed E-state index contributed by atoms with van der Waals surface area (Å²) in [5.74, 6) is -7.23. The van der Waals surface area contributed by atoms with E-state index in [0.717, 1.165) is 0 Å². The number of aliphatic hydroxyl groups is 1. The zero-order chi connectivity index (χ0) is 40.6. The summed E-state index contributed by atoms with van der Waals surface area (Å²) in [4.78, 5) is 106. The number of likely N-dealkylation sites (tertiary alicyclic amines) is 2. The molecule has 19 nitrogen and oxygen atoms in total. The largest absolute Gasteiger partial charge is 0.508 e. The fourth-order valence-corrected chi connectivity index (χ4v) is 6.52. The van der Waals surface area contributed by atoms with Crippen molar-refractivity contribution >= 4 is 47.3 Å². The molecule has 11 N–H and O–H groups in total. The van der Waals surface area contributed by atoms with Gasteiger partial charge < -0.3 is 57.9 Å². The van der Waals surface area contributed by atoms with Gasteiger partial charge in [-0.3, -0.25) is 38.4 Å². The topological polar surface area (TPSA) is 304 Å². The average molecular weight is 761 g/mol. The van der Waals surface area contributed by atoms with E-state index in [0.29, 0.717) is 5.56 Å². The highest BCUT2D eigenvalue weighted by molar-refractivity contribution is 5.98. The van der Waals surface area contributed by atoms with Crippen LogP contribution in [0.5, 0.6) is 5.75 Å². The van der Waals surface area contributed by atoms with Crippen LogP contribution in [-0.4, -0.2) is 133 Å². The molecule has 1 aromatic rings. The lowest BCUT2D eigenvalue weighted by atomic mass is 10.00. The summed E-state index contributed by atoms with van der Waals surface area (Å²) in [6.07, 6.45) is -2.01. The maximum atomic E-state index is 13.7. The Morgan fingerprint density at radius 3 is 2.00 bits per heavy atom. The second-order valence-corrected chi connectivity index (χ2v) is 14.2. The quantitative estimate of drug-likeness (QED) is 0.0733. The van der Waals surface area contributed by atoms with E-state index < -0.39 is 114 Å². The molecule has 19 heteroatoms. The molecule has 0 bridgehead atoms. The predicted octanol–water partition coefficient (Wildman–Crippen LogP) is -2.80. The minimum atomic E-state index is -1.62. The van der Waals surface area contributed by atoms with Crippen LogP contribution in [0, 0.1) is 5.92 Å². The number of nitrogens with zero attached hydrogens (tertiary/aromatic N) is 2. The van der Waals surface area contributed by atoms with E-state index in [2.05, 4.69) is 21.3 Å². The van der Waals surface area contributed by atoms with Crippen LogP contribution in [0.2, 0.25) is 0 Å². The fraction of sp³-hybridized carbons (Fsp3) is 0.600. The molecule has 1 aromatic carbocycles. The molecule has 7 amide bonds. The van der Waals surface area contributed by atoms with Gasteiger partial charge >= 0.3 is 5.97 Å². The van der Waals surface area contributed by atoms with Gasteiger partial charge in [0.15, 0.2) is 0 Å². The summed E-state index contributed by atoms with van der Waals surface area (Å²) in [5, 5.41) is 39.6. The SMILES string of the molecule is CC(C)[C@@H](NC(=O)[C@H](NC(=O)[C@@H](Cc1ccc(O)cc1)N1CC[C@@H](N)C1=O)[C@@H](C)O)C(=O)N[C@H](CCC(=O)O)C(=O)N[C@@H]1CC(C)N([C@H](C)C(N)=O)C1=O. The minimum absolute atomic E-state index is 0.0101. The number of carboxylic acids is 1. The highest BCUT2D eigenvalue weighted by atomic mass is 16.4. The van der Waals surface area contributed by atoms with Crippen LogP contribution in [0.4, 0.5) is 0 Å². The van der Waals surface area contributed by atoms with E-state index in [9.17, 15) is 53.7 Å². The molecular formula is C35H52N8O11. The normalized spacial score (nSPS) is 21.8. The summed E-state index contributed by atoms with van der Waals surface area (Å²) in [5.41, 5.74) is 11.9. The van der Waals surface area contributed by atoms with Gasteiger partial charge in [-0.15, -0.1) is 0 Å². The van der Waals surface area contributed by atoms with Gasteiger partial charge in [0.1, 0.15) is 42.0 Å². The second kappa shape index (κ2) is 18.6. The molecule has 0 saturated carbocycles. The number of aliphatic hydroxyl groups excluding tert-OH is 1. The Bertz CT molecular complexity index is 1590. The number of amides is 7. The molecule has 2 saturated heterocycles. The number of hydrogen-bond acceptors (Lipinski definition) is 11. The zero-order valence-electron chi connectivity index (χ0n) is 31.0. The van der Waals surface area contributed by atoms with Crippen molar-refractivity contribution in [3.63, 3.8) is 0 Å². The van der Waals surface area contributed by atoms with Gasteiger partial charge in [-0.2, -0.15) is 0 Å². The standard InChI is InChI=1S/C35H52N8O11/c1-16(2)27(32(51)38-23(10-11-26(46)47)30(49)39-24-14-17(3)43(35(24)54)18(4)29(37)48)40-33(52)28(19(5)44)41-31(50)25(42-13-12-22(36)34(42)53)15-20-6-8-21(45)9-7-20/h6-9,16-19,22-25,27-28,44-45H,10-15,36H2,1-5H3,(H2,37,48)(H,38,51)(H,39,49)(H,40,52)(H,41,50)(H,46,47)/t17?,18-,19-,22-,23-,24-,25-,27-,28-/m1/s1. The maximum absolute atomic E-state index is 13.7. The third kappa shape index (κ3) is 10.9. The fourth-order valence-electron chi connectivity index (χ4n) is 6.52. The Hall–Kier alpha value is -5.30. The van der Waals surface area contributed by atoms with Crippen molar-refractivity contribution in [2.45, 2.75) is 121 Å². The molecule has 54 heavy (non-hydrogen) atoms. The number of aliphatic carboxylic acids is 1. The third-order valence-corrected chi connectivity index (χ3v) is 9.66. The molecule has 3 rings (SSSR count). The van der Waals surface area contributed by atoms with E-state index in [1.54, 1.807) is 32.9 Å². The molecule has 2 aliphatic heterocycles. The van der Waals surface area contributed by atoms with E-state index in [1.165, 1.54) is 35.8 Å². The Labute approximate surface area is 312 Å². The number of nitrogens with two attached hydrogens (primary N) is 2. The van der Waals surface area contributed by atoms with Crippen molar-refractivity contribution in [1.29, 1.82) is 0 Å². The van der Waals surface area contributed by atoms with Gasteiger partial charge in [-0.1, -0.05) is 26.0 Å². The molecule has 298 valence electrons. The van der Waals surface area contributed by atoms with Crippen molar-refractivity contribution < 1.29 is 53.7 Å². The summed E-state index contributed by atoms with van der Waals surface area (Å²) in [7, 11) is 0. The van der Waals surface area contributed by atoms with Gasteiger partial charge in [0.05, 0.1) is 12.1 Å². The highest BCUT2D eigenvalue weighted by Gasteiger charge is 2.43. The number of phenolic OH excluding ortho intramolecular Hbond substituents is 1. The van der Waals surface area contributed by atoms with E-state index >= 15 is 0 Å². The number of primary amides is 1. The molecule has 0 radical (unpaired) electrons. The molecule has 9 atom stereocenters. The first-order valence-electron chi connectivity index (χ1n) is 17.8. The van der Waals surface area contributed by atoms with Crippen LogP contribution in [0.25, 0.3) is 0 Å². The number of benzene rings is 1. The number of phenols is 1. The zero-order valence-corrected chi connectivity index (χ0v) is 31.0. The van der Waals surface area contributed by atoms with Crippen LogP contribution >= 0.6 is 0 Å². The number of aromatic hydroxyl groups is 1. The van der Waals surface area contributed by atoms with Crippen LogP contribution in [0.3, 0.4) is 0 Å². The summed E-state index contributed by atoms with van der Waals surface area (Å²) in [6.45, 7) is 7.68. The van der Waals surface area contributed by atoms with Crippen LogP contribution in [0.15, 0.2) is 24.3 Å². The van der Waals surface area contributed by atoms with Gasteiger partial charge in [0, 0.05) is 25.4 Å². The predicted molar refractivity (Wildman–Crippen MR) is 191 cm³/mol. The van der Waals surface area contributed by atoms with E-state index in [4.69, 9.17) is 11.5 Å². The lowest BCUT2D eigenvalue weighted by Crippen LogP contribution is -2.62. The van der Waals surface area contributed by atoms with Crippen molar-refractivity contribution in [2.75, 3.05) is 6.54 Å². The molecule has 1 unspecified atom stereocenters. The smallest absolute Gasteiger partial charge is 0.303 e. The molecular weight excluding hydrogens is 708 g/mol. The van der Waals surface area contributed by atoms with Crippen molar-refractivity contribution in [1.82, 2.24) is 31.1 Å². The van der Waals surface area contributed by atoms with E-state index in [-0.39, 0.29) is 38.0 Å². The van der Waals surface area contributed by atoms with Gasteiger partial charge in [-0.25, -0.2) is 0 Å². The number of hydrogen-bond donors (Lipinski definition) is 9. The summed E-state index contributed by atoms with van der Waals surface area (Å²) >= 11 is 0. The number of carbonyl (C=O) groups excluding carboxylic acids is 7. The average Bonchev–Trinajstić information content (AvgIpc) is 3.57. The van der Waals surface area contributed by atoms with Gasteiger partial charge in [-0.05, 0) is 63.6 Å². The first-order chi connectivity index (χ1) is 25.2. The van der Waals surface area contributed by atoms with Crippen LogP contribution in [0.1, 0.15) is 65.9 Å². The monoisotopic (exact) mass is 760 g/mol. The first-order valence-corrected chi connectivity index (χ1v) is 17.8. The number of rotatable bonds is 18. The second-order valence-electron chi connectivity index (χ2n) is 14.2.